The Balaban J connectivity index is 1.69. The number of hydrogen-bond donors (Lipinski definition) is 1. The number of aliphatic imine (C=N–C) groups is 1. The monoisotopic (exact) mass is 348 g/mol. The highest BCUT2D eigenvalue weighted by Gasteiger charge is 2.29. The van der Waals surface area contributed by atoms with Gasteiger partial charge in [-0.05, 0) is 36.4 Å². The molecule has 0 unspecified atom stereocenters. The van der Waals surface area contributed by atoms with Crippen molar-refractivity contribution in [2.24, 2.45) is 4.99 Å². The van der Waals surface area contributed by atoms with Crippen LogP contribution in [0.2, 0.25) is 0 Å². The SMILES string of the molecule is C[C@@H](N=C1N[P@@](=S)(Oc2ccccc2)CS1)c1ccccc1. The summed E-state index contributed by atoms with van der Waals surface area (Å²) < 4.78 is 5.99. The van der Waals surface area contributed by atoms with Gasteiger partial charge in [-0.2, -0.15) is 0 Å². The van der Waals surface area contributed by atoms with Crippen molar-refractivity contribution in [3.63, 3.8) is 0 Å². The van der Waals surface area contributed by atoms with Gasteiger partial charge >= 0.3 is 0 Å². The van der Waals surface area contributed by atoms with E-state index < -0.39 is 6.42 Å². The summed E-state index contributed by atoms with van der Waals surface area (Å²) in [7, 11) is 0. The van der Waals surface area contributed by atoms with Crippen LogP contribution < -0.4 is 9.61 Å². The zero-order chi connectivity index (χ0) is 15.4. The number of hydrogen-bond acceptors (Lipinski definition) is 4. The Morgan fingerprint density at radius 3 is 2.45 bits per heavy atom. The van der Waals surface area contributed by atoms with E-state index in [1.165, 1.54) is 5.56 Å². The van der Waals surface area contributed by atoms with E-state index >= 15 is 0 Å². The molecule has 3 nitrogen and oxygen atoms in total. The molecule has 0 amide bonds. The second kappa shape index (κ2) is 6.86. The first kappa shape index (κ1) is 15.6. The molecular formula is C16H17N2OPS2. The smallest absolute Gasteiger partial charge is 0.213 e. The van der Waals surface area contributed by atoms with Crippen LogP contribution in [0, 0.1) is 0 Å². The maximum atomic E-state index is 5.99. The summed E-state index contributed by atoms with van der Waals surface area (Å²) in [6.45, 7) is 2.09. The zero-order valence-corrected chi connectivity index (χ0v) is 14.7. The first-order valence-corrected chi connectivity index (χ1v) is 10.9. The minimum Gasteiger partial charge on any atom is -0.448 e. The average Bonchev–Trinajstić information content (AvgIpc) is 2.90. The van der Waals surface area contributed by atoms with E-state index in [1.54, 1.807) is 11.8 Å². The third kappa shape index (κ3) is 3.92. The molecule has 0 bridgehead atoms. The summed E-state index contributed by atoms with van der Waals surface area (Å²) in [6.07, 6.45) is -2.08. The van der Waals surface area contributed by atoms with Gasteiger partial charge in [-0.25, -0.2) is 0 Å². The van der Waals surface area contributed by atoms with Crippen molar-refractivity contribution in [3.05, 3.63) is 66.2 Å². The molecule has 1 aliphatic rings. The average molecular weight is 348 g/mol. The molecule has 1 N–H and O–H groups in total. The second-order valence-electron chi connectivity index (χ2n) is 4.98. The number of amidine groups is 1. The molecule has 0 aromatic heterocycles. The van der Waals surface area contributed by atoms with Crippen LogP contribution in [0.15, 0.2) is 65.7 Å². The molecule has 1 saturated heterocycles. The summed E-state index contributed by atoms with van der Waals surface area (Å²) in [5.41, 5.74) is 1.96. The van der Waals surface area contributed by atoms with Crippen molar-refractivity contribution in [1.29, 1.82) is 0 Å². The molecule has 3 rings (SSSR count). The first-order chi connectivity index (χ1) is 10.6. The zero-order valence-electron chi connectivity index (χ0n) is 12.2. The molecule has 2 aromatic carbocycles. The van der Waals surface area contributed by atoms with Gasteiger partial charge in [0.2, 0.25) is 6.42 Å². The fraction of sp³-hybridized carbons (Fsp3) is 0.188. The first-order valence-electron chi connectivity index (χ1n) is 7.02. The molecule has 22 heavy (non-hydrogen) atoms. The summed E-state index contributed by atoms with van der Waals surface area (Å²) in [5.74, 6) is 0.816. The van der Waals surface area contributed by atoms with E-state index in [0.717, 1.165) is 16.4 Å². The maximum absolute atomic E-state index is 5.99. The largest absolute Gasteiger partial charge is 0.448 e. The van der Waals surface area contributed by atoms with E-state index in [2.05, 4.69) is 24.1 Å². The minimum atomic E-state index is -2.08. The Morgan fingerprint density at radius 2 is 1.77 bits per heavy atom. The van der Waals surface area contributed by atoms with Crippen molar-refractivity contribution in [2.75, 3.05) is 5.49 Å². The lowest BCUT2D eigenvalue weighted by atomic mass is 10.1. The van der Waals surface area contributed by atoms with Gasteiger partial charge in [0.15, 0.2) is 5.17 Å². The van der Waals surface area contributed by atoms with Gasteiger partial charge in [-0.15, -0.1) is 0 Å². The molecule has 0 saturated carbocycles. The molecule has 1 heterocycles. The highest BCUT2D eigenvalue weighted by Crippen LogP contribution is 2.51. The van der Waals surface area contributed by atoms with E-state index in [4.69, 9.17) is 21.3 Å². The van der Waals surface area contributed by atoms with Crippen LogP contribution >= 0.6 is 18.2 Å². The molecule has 0 radical (unpaired) electrons. The summed E-state index contributed by atoms with van der Waals surface area (Å²) in [5, 5.41) is 4.22. The van der Waals surface area contributed by atoms with Crippen LogP contribution in [-0.4, -0.2) is 10.7 Å². The lowest BCUT2D eigenvalue weighted by Gasteiger charge is -2.17. The summed E-state index contributed by atoms with van der Waals surface area (Å²) >= 11 is 7.32. The molecule has 0 spiro atoms. The van der Waals surface area contributed by atoms with Gasteiger partial charge in [-0.1, -0.05) is 60.3 Å². The van der Waals surface area contributed by atoms with Crippen molar-refractivity contribution < 1.29 is 4.52 Å². The van der Waals surface area contributed by atoms with Gasteiger partial charge in [-0.3, -0.25) is 4.99 Å². The highest BCUT2D eigenvalue weighted by atomic mass is 32.5. The Kier molecular flexibility index (Phi) is 4.87. The van der Waals surface area contributed by atoms with Gasteiger partial charge in [0.1, 0.15) is 5.75 Å². The lowest BCUT2D eigenvalue weighted by Crippen LogP contribution is -2.13. The molecule has 0 aliphatic carbocycles. The standard InChI is InChI=1S/C16H17N2OPS2/c1-13(14-8-4-2-5-9-14)17-16-18-20(21,12-22-16)19-15-10-6-3-7-11-15/h2-11,13H,12H2,1H3,(H,17,18,21)/t13-,20-/m1/s1. The van der Waals surface area contributed by atoms with Crippen LogP contribution in [0.3, 0.4) is 0 Å². The maximum Gasteiger partial charge on any atom is 0.213 e. The predicted molar refractivity (Wildman–Crippen MR) is 99.2 cm³/mol. The quantitative estimate of drug-likeness (QED) is 0.806. The molecule has 114 valence electrons. The van der Waals surface area contributed by atoms with Crippen molar-refractivity contribution >= 4 is 35.2 Å². The number of rotatable bonds is 4. The van der Waals surface area contributed by atoms with Crippen LogP contribution in [0.25, 0.3) is 0 Å². The second-order valence-corrected chi connectivity index (χ2v) is 10.2. The molecule has 1 fully saturated rings. The number of para-hydroxylation sites is 1. The third-order valence-corrected chi connectivity index (χ3v) is 8.24. The Morgan fingerprint density at radius 1 is 1.14 bits per heavy atom. The number of thioether (sulfide) groups is 1. The Hall–Kier alpha value is -1.29. The summed E-state index contributed by atoms with van der Waals surface area (Å²) in [6, 6.07) is 20.1. The number of nitrogens with zero attached hydrogens (tertiary/aromatic N) is 1. The molecule has 1 aliphatic heterocycles. The third-order valence-electron chi connectivity index (χ3n) is 3.23. The molecule has 2 aromatic rings. The van der Waals surface area contributed by atoms with Crippen LogP contribution in [0.1, 0.15) is 18.5 Å². The summed E-state index contributed by atoms with van der Waals surface area (Å²) in [4.78, 5) is 4.73. The van der Waals surface area contributed by atoms with Gasteiger partial charge in [0.05, 0.1) is 11.5 Å². The lowest BCUT2D eigenvalue weighted by molar-refractivity contribution is 0.611. The number of nitrogens with one attached hydrogen (secondary N) is 1. The van der Waals surface area contributed by atoms with Gasteiger partial charge < -0.3 is 9.61 Å². The van der Waals surface area contributed by atoms with Crippen LogP contribution in [0.4, 0.5) is 0 Å². The van der Waals surface area contributed by atoms with E-state index in [9.17, 15) is 0 Å². The Bertz CT molecular complexity index is 707. The number of benzene rings is 2. The molecule has 2 atom stereocenters. The van der Waals surface area contributed by atoms with E-state index in [1.807, 2.05) is 48.5 Å². The fourth-order valence-corrected chi connectivity index (χ4v) is 6.70. The predicted octanol–water partition coefficient (Wildman–Crippen LogP) is 4.79. The van der Waals surface area contributed by atoms with Crippen LogP contribution in [0.5, 0.6) is 5.75 Å². The van der Waals surface area contributed by atoms with Crippen LogP contribution in [-0.2, 0) is 11.8 Å². The Labute approximate surface area is 140 Å². The minimum absolute atomic E-state index is 0.106. The topological polar surface area (TPSA) is 33.6 Å². The molecule has 6 heteroatoms. The van der Waals surface area contributed by atoms with E-state index in [0.29, 0.717) is 0 Å². The highest BCUT2D eigenvalue weighted by molar-refractivity contribution is 8.28. The van der Waals surface area contributed by atoms with Crippen molar-refractivity contribution in [2.45, 2.75) is 13.0 Å². The molecular weight excluding hydrogens is 331 g/mol. The normalized spacial score (nSPS) is 24.0. The van der Waals surface area contributed by atoms with E-state index in [-0.39, 0.29) is 6.04 Å². The van der Waals surface area contributed by atoms with Crippen molar-refractivity contribution in [3.8, 4) is 5.75 Å². The fourth-order valence-electron chi connectivity index (χ4n) is 2.11. The van der Waals surface area contributed by atoms with Gasteiger partial charge in [0.25, 0.3) is 0 Å². The van der Waals surface area contributed by atoms with Gasteiger partial charge in [0, 0.05) is 0 Å². The van der Waals surface area contributed by atoms with Crippen molar-refractivity contribution in [1.82, 2.24) is 5.09 Å².